The smallest absolute Gasteiger partial charge is 0.343 e. The van der Waals surface area contributed by atoms with Crippen molar-refractivity contribution in [3.05, 3.63) is 58.1 Å². The highest BCUT2D eigenvalue weighted by Gasteiger charge is 2.10. The standard InChI is InChI=1S/C16H13Cl2NO3/c1-2-15(20)19-13-5-3-10(4-6-13)16(21)22-14-8-11(17)7-12(18)9-14/h3-9H,2H2,1H3,(H,19,20). The summed E-state index contributed by atoms with van der Waals surface area (Å²) in [5.74, 6) is -0.360. The van der Waals surface area contributed by atoms with E-state index in [0.717, 1.165) is 0 Å². The van der Waals surface area contributed by atoms with Gasteiger partial charge in [-0.1, -0.05) is 30.1 Å². The molecular formula is C16H13Cl2NO3. The van der Waals surface area contributed by atoms with E-state index in [1.54, 1.807) is 37.3 Å². The van der Waals surface area contributed by atoms with Crippen LogP contribution in [-0.4, -0.2) is 11.9 Å². The molecule has 0 radical (unpaired) electrons. The number of rotatable bonds is 4. The van der Waals surface area contributed by atoms with Crippen LogP contribution in [0.3, 0.4) is 0 Å². The van der Waals surface area contributed by atoms with Crippen LogP contribution >= 0.6 is 23.2 Å². The van der Waals surface area contributed by atoms with Crippen LogP contribution < -0.4 is 10.1 Å². The fourth-order valence-corrected chi connectivity index (χ4v) is 2.20. The van der Waals surface area contributed by atoms with Crippen molar-refractivity contribution in [3.63, 3.8) is 0 Å². The van der Waals surface area contributed by atoms with E-state index in [1.165, 1.54) is 12.1 Å². The van der Waals surface area contributed by atoms with Crippen LogP contribution in [0.15, 0.2) is 42.5 Å². The van der Waals surface area contributed by atoms with Crippen LogP contribution in [0.4, 0.5) is 5.69 Å². The monoisotopic (exact) mass is 337 g/mol. The minimum atomic E-state index is -0.535. The second kappa shape index (κ2) is 7.29. The quantitative estimate of drug-likeness (QED) is 0.657. The van der Waals surface area contributed by atoms with E-state index in [4.69, 9.17) is 27.9 Å². The highest BCUT2D eigenvalue weighted by molar-refractivity contribution is 6.34. The Morgan fingerprint density at radius 2 is 1.64 bits per heavy atom. The predicted octanol–water partition coefficient (Wildman–Crippen LogP) is 4.56. The molecule has 6 heteroatoms. The van der Waals surface area contributed by atoms with Crippen molar-refractivity contribution in [1.82, 2.24) is 0 Å². The zero-order valence-electron chi connectivity index (χ0n) is 11.7. The summed E-state index contributed by atoms with van der Waals surface area (Å²) < 4.78 is 5.21. The molecule has 0 saturated carbocycles. The van der Waals surface area contributed by atoms with Crippen LogP contribution in [0.25, 0.3) is 0 Å². The summed E-state index contributed by atoms with van der Waals surface area (Å²) in [5.41, 5.74) is 0.972. The molecule has 1 amide bonds. The van der Waals surface area contributed by atoms with Crippen LogP contribution in [0.1, 0.15) is 23.7 Å². The molecule has 0 aromatic heterocycles. The number of nitrogens with one attached hydrogen (secondary N) is 1. The first-order valence-electron chi connectivity index (χ1n) is 6.56. The number of hydrogen-bond acceptors (Lipinski definition) is 3. The van der Waals surface area contributed by atoms with Crippen molar-refractivity contribution in [2.24, 2.45) is 0 Å². The number of benzene rings is 2. The zero-order chi connectivity index (χ0) is 16.1. The maximum atomic E-state index is 12.0. The fourth-order valence-electron chi connectivity index (χ4n) is 1.69. The van der Waals surface area contributed by atoms with Gasteiger partial charge in [-0.15, -0.1) is 0 Å². The summed E-state index contributed by atoms with van der Waals surface area (Å²) in [6.45, 7) is 1.76. The molecule has 0 saturated heterocycles. The van der Waals surface area contributed by atoms with Gasteiger partial charge in [-0.25, -0.2) is 4.79 Å². The van der Waals surface area contributed by atoms with Gasteiger partial charge in [-0.3, -0.25) is 4.79 Å². The number of halogens is 2. The summed E-state index contributed by atoms with van der Waals surface area (Å²) in [7, 11) is 0. The van der Waals surface area contributed by atoms with E-state index in [0.29, 0.717) is 27.7 Å². The maximum Gasteiger partial charge on any atom is 0.343 e. The zero-order valence-corrected chi connectivity index (χ0v) is 13.2. The van der Waals surface area contributed by atoms with Crippen LogP contribution in [0.2, 0.25) is 10.0 Å². The van der Waals surface area contributed by atoms with Crippen molar-refractivity contribution in [3.8, 4) is 5.75 Å². The van der Waals surface area contributed by atoms with Crippen LogP contribution in [0.5, 0.6) is 5.75 Å². The lowest BCUT2D eigenvalue weighted by molar-refractivity contribution is -0.115. The average Bonchev–Trinajstić information content (AvgIpc) is 2.46. The summed E-state index contributed by atoms with van der Waals surface area (Å²) in [5, 5.41) is 3.46. The van der Waals surface area contributed by atoms with E-state index in [9.17, 15) is 9.59 Å². The Labute approximate surface area is 138 Å². The van der Waals surface area contributed by atoms with Crippen molar-refractivity contribution in [1.29, 1.82) is 0 Å². The molecular weight excluding hydrogens is 325 g/mol. The van der Waals surface area contributed by atoms with E-state index in [-0.39, 0.29) is 11.7 Å². The summed E-state index contributed by atoms with van der Waals surface area (Å²) in [4.78, 5) is 23.3. The van der Waals surface area contributed by atoms with Gasteiger partial charge >= 0.3 is 5.97 Å². The predicted molar refractivity (Wildman–Crippen MR) is 86.8 cm³/mol. The molecule has 2 aromatic carbocycles. The van der Waals surface area contributed by atoms with Crippen molar-refractivity contribution in [2.75, 3.05) is 5.32 Å². The van der Waals surface area contributed by atoms with Crippen molar-refractivity contribution >= 4 is 40.8 Å². The maximum absolute atomic E-state index is 12.0. The molecule has 1 N–H and O–H groups in total. The van der Waals surface area contributed by atoms with Gasteiger partial charge < -0.3 is 10.1 Å². The normalized spacial score (nSPS) is 10.1. The Morgan fingerprint density at radius 3 is 2.18 bits per heavy atom. The van der Waals surface area contributed by atoms with Gasteiger partial charge in [0.15, 0.2) is 0 Å². The van der Waals surface area contributed by atoms with Crippen molar-refractivity contribution in [2.45, 2.75) is 13.3 Å². The van der Waals surface area contributed by atoms with E-state index in [1.807, 2.05) is 0 Å². The Kier molecular flexibility index (Phi) is 5.41. The molecule has 0 spiro atoms. The molecule has 0 fully saturated rings. The molecule has 0 heterocycles. The number of amides is 1. The van der Waals surface area contributed by atoms with Gasteiger partial charge in [0.1, 0.15) is 5.75 Å². The first-order chi connectivity index (χ1) is 10.5. The molecule has 4 nitrogen and oxygen atoms in total. The molecule has 114 valence electrons. The van der Waals surface area contributed by atoms with Gasteiger partial charge in [0, 0.05) is 22.2 Å². The third-order valence-electron chi connectivity index (χ3n) is 2.77. The van der Waals surface area contributed by atoms with Crippen LogP contribution in [-0.2, 0) is 4.79 Å². The molecule has 0 unspecified atom stereocenters. The summed E-state index contributed by atoms with van der Waals surface area (Å²) in [6, 6.07) is 11.0. The fraction of sp³-hybridized carbons (Fsp3) is 0.125. The second-order valence-electron chi connectivity index (χ2n) is 4.47. The van der Waals surface area contributed by atoms with E-state index >= 15 is 0 Å². The first-order valence-corrected chi connectivity index (χ1v) is 7.31. The molecule has 2 rings (SSSR count). The van der Waals surface area contributed by atoms with Gasteiger partial charge in [0.05, 0.1) is 5.56 Å². The highest BCUT2D eigenvalue weighted by Crippen LogP contribution is 2.25. The highest BCUT2D eigenvalue weighted by atomic mass is 35.5. The second-order valence-corrected chi connectivity index (χ2v) is 5.35. The van der Waals surface area contributed by atoms with Gasteiger partial charge in [-0.05, 0) is 42.5 Å². The first kappa shape index (κ1) is 16.3. The van der Waals surface area contributed by atoms with Crippen molar-refractivity contribution < 1.29 is 14.3 Å². The molecule has 0 bridgehead atoms. The Hall–Kier alpha value is -2.04. The third-order valence-corrected chi connectivity index (χ3v) is 3.21. The number of ether oxygens (including phenoxy) is 1. The van der Waals surface area contributed by atoms with E-state index in [2.05, 4.69) is 5.32 Å². The number of esters is 1. The molecule has 0 atom stereocenters. The van der Waals surface area contributed by atoms with Gasteiger partial charge in [0.25, 0.3) is 0 Å². The van der Waals surface area contributed by atoms with Crippen LogP contribution in [0, 0.1) is 0 Å². The summed E-state index contributed by atoms with van der Waals surface area (Å²) in [6.07, 6.45) is 0.388. The minimum absolute atomic E-state index is 0.0936. The van der Waals surface area contributed by atoms with Gasteiger partial charge in [-0.2, -0.15) is 0 Å². The molecule has 2 aromatic rings. The van der Waals surface area contributed by atoms with Gasteiger partial charge in [0.2, 0.25) is 5.91 Å². The Bertz CT molecular complexity index is 679. The molecule has 0 aliphatic carbocycles. The Balaban J connectivity index is 2.08. The number of carbonyl (C=O) groups is 2. The lowest BCUT2D eigenvalue weighted by Crippen LogP contribution is -2.11. The third kappa shape index (κ3) is 4.48. The number of anilines is 1. The average molecular weight is 338 g/mol. The molecule has 0 aliphatic heterocycles. The summed E-state index contributed by atoms with van der Waals surface area (Å²) >= 11 is 11.7. The molecule has 22 heavy (non-hydrogen) atoms. The SMILES string of the molecule is CCC(=O)Nc1ccc(C(=O)Oc2cc(Cl)cc(Cl)c2)cc1. The minimum Gasteiger partial charge on any atom is -0.423 e. The Morgan fingerprint density at radius 1 is 1.05 bits per heavy atom. The molecule has 0 aliphatic rings. The lowest BCUT2D eigenvalue weighted by Gasteiger charge is -2.07. The largest absolute Gasteiger partial charge is 0.423 e. The van der Waals surface area contributed by atoms with E-state index < -0.39 is 5.97 Å². The number of hydrogen-bond donors (Lipinski definition) is 1. The lowest BCUT2D eigenvalue weighted by atomic mass is 10.2. The number of carbonyl (C=O) groups excluding carboxylic acids is 2. The topological polar surface area (TPSA) is 55.4 Å².